The normalized spacial score (nSPS) is 14.4. The Morgan fingerprint density at radius 2 is 1.85 bits per heavy atom. The minimum Gasteiger partial charge on any atom is -0.497 e. The molecule has 1 aliphatic rings. The van der Waals surface area contributed by atoms with Gasteiger partial charge < -0.3 is 15.8 Å². The van der Waals surface area contributed by atoms with Gasteiger partial charge in [0.25, 0.3) is 15.9 Å². The molecule has 0 bridgehead atoms. The van der Waals surface area contributed by atoms with Gasteiger partial charge in [-0.25, -0.2) is 8.42 Å². The minimum atomic E-state index is -4.00. The average molecular weight is 473 g/mol. The first-order valence-electron chi connectivity index (χ1n) is 10.4. The summed E-state index contributed by atoms with van der Waals surface area (Å²) in [4.78, 5) is 27.8. The molecule has 0 aliphatic carbocycles. The van der Waals surface area contributed by atoms with Crippen LogP contribution >= 0.6 is 0 Å². The van der Waals surface area contributed by atoms with E-state index in [4.69, 9.17) is 10.5 Å². The molecular formula is C23H28N4O5S. The van der Waals surface area contributed by atoms with Crippen LogP contribution in [0.5, 0.6) is 5.75 Å². The van der Waals surface area contributed by atoms with Crippen molar-refractivity contribution in [3.63, 3.8) is 0 Å². The number of amides is 2. The maximum atomic E-state index is 13.0. The molecule has 3 rings (SSSR count). The van der Waals surface area contributed by atoms with E-state index in [9.17, 15) is 18.0 Å². The van der Waals surface area contributed by atoms with Crippen LogP contribution < -0.4 is 20.6 Å². The number of nitrogens with two attached hydrogens (primary N) is 1. The molecule has 0 atom stereocenters. The van der Waals surface area contributed by atoms with E-state index in [2.05, 4.69) is 10.1 Å². The monoisotopic (exact) mass is 472 g/mol. The molecule has 176 valence electrons. The van der Waals surface area contributed by atoms with Crippen LogP contribution in [0.2, 0.25) is 0 Å². The maximum absolute atomic E-state index is 13.0. The number of hydrazine groups is 1. The highest BCUT2D eigenvalue weighted by Crippen LogP contribution is 2.23. The number of benzene rings is 2. The second kappa shape index (κ2) is 10.6. The van der Waals surface area contributed by atoms with Crippen molar-refractivity contribution in [1.82, 2.24) is 15.2 Å². The van der Waals surface area contributed by atoms with Crippen LogP contribution in [-0.4, -0.2) is 38.9 Å². The van der Waals surface area contributed by atoms with Gasteiger partial charge in [-0.1, -0.05) is 35.9 Å². The number of hydrogen-bond donors (Lipinski definition) is 3. The molecular weight excluding hydrogens is 444 g/mol. The van der Waals surface area contributed by atoms with Gasteiger partial charge in [-0.2, -0.15) is 0 Å². The van der Waals surface area contributed by atoms with E-state index in [1.54, 1.807) is 19.1 Å². The standard InChI is InChI=1S/C23H28N4O5S/c1-16-10-11-27(26-33(30,31)20-5-3-4-19(12-20)32-2)23(29)21(16)13-22(28)25-15-18-8-6-17(14-24)7-9-18/h3-9,12,26H,10-11,13-15,24H2,1-2H3,(H,25,28). The van der Waals surface area contributed by atoms with Crippen LogP contribution in [0, 0.1) is 0 Å². The molecule has 1 aliphatic heterocycles. The van der Waals surface area contributed by atoms with E-state index < -0.39 is 15.9 Å². The first kappa shape index (κ1) is 24.4. The summed E-state index contributed by atoms with van der Waals surface area (Å²) in [5, 5.41) is 3.84. The first-order valence-corrected chi connectivity index (χ1v) is 11.9. The largest absolute Gasteiger partial charge is 0.497 e. The lowest BCUT2D eigenvalue weighted by Gasteiger charge is -2.29. The number of carbonyl (C=O) groups excluding carboxylic acids is 2. The lowest BCUT2D eigenvalue weighted by atomic mass is 9.98. The smallest absolute Gasteiger partial charge is 0.265 e. The van der Waals surface area contributed by atoms with Gasteiger partial charge in [0.15, 0.2) is 0 Å². The lowest BCUT2D eigenvalue weighted by molar-refractivity contribution is -0.131. The molecule has 0 fully saturated rings. The molecule has 2 aromatic carbocycles. The number of nitrogens with one attached hydrogen (secondary N) is 2. The van der Waals surface area contributed by atoms with Gasteiger partial charge in [0, 0.05) is 31.3 Å². The summed E-state index contributed by atoms with van der Waals surface area (Å²) in [5.41, 5.74) is 8.54. The van der Waals surface area contributed by atoms with Crippen molar-refractivity contribution in [3.05, 3.63) is 70.8 Å². The molecule has 2 aromatic rings. The fourth-order valence-corrected chi connectivity index (χ4v) is 4.47. The number of methoxy groups -OCH3 is 1. The van der Waals surface area contributed by atoms with E-state index in [0.29, 0.717) is 25.3 Å². The van der Waals surface area contributed by atoms with Crippen molar-refractivity contribution in [2.24, 2.45) is 5.73 Å². The van der Waals surface area contributed by atoms with Crippen molar-refractivity contribution in [2.45, 2.75) is 37.8 Å². The van der Waals surface area contributed by atoms with Crippen LogP contribution in [0.15, 0.2) is 64.6 Å². The number of hydrogen-bond acceptors (Lipinski definition) is 6. The van der Waals surface area contributed by atoms with Crippen molar-refractivity contribution < 1.29 is 22.7 Å². The van der Waals surface area contributed by atoms with Gasteiger partial charge in [-0.05, 0) is 36.6 Å². The van der Waals surface area contributed by atoms with Crippen molar-refractivity contribution in [1.29, 1.82) is 0 Å². The third-order valence-electron chi connectivity index (χ3n) is 5.40. The number of sulfonamides is 1. The molecule has 2 amide bonds. The molecule has 1 heterocycles. The Labute approximate surface area is 193 Å². The second-order valence-corrected chi connectivity index (χ2v) is 9.37. The highest BCUT2D eigenvalue weighted by molar-refractivity contribution is 7.89. The summed E-state index contributed by atoms with van der Waals surface area (Å²) >= 11 is 0. The molecule has 4 N–H and O–H groups in total. The zero-order valence-electron chi connectivity index (χ0n) is 18.6. The van der Waals surface area contributed by atoms with Crippen molar-refractivity contribution in [2.75, 3.05) is 13.7 Å². The Morgan fingerprint density at radius 1 is 1.15 bits per heavy atom. The average Bonchev–Trinajstić information content (AvgIpc) is 2.82. The van der Waals surface area contributed by atoms with Crippen LogP contribution in [-0.2, 0) is 32.7 Å². The third kappa shape index (κ3) is 6.19. The molecule has 0 saturated carbocycles. The predicted octanol–water partition coefficient (Wildman–Crippen LogP) is 1.60. The van der Waals surface area contributed by atoms with Crippen LogP contribution in [0.25, 0.3) is 0 Å². The molecule has 0 saturated heterocycles. The molecule has 0 radical (unpaired) electrons. The van der Waals surface area contributed by atoms with Gasteiger partial charge in [0.2, 0.25) is 5.91 Å². The topological polar surface area (TPSA) is 131 Å². The minimum absolute atomic E-state index is 0.0270. The van der Waals surface area contributed by atoms with Crippen LogP contribution in [0.1, 0.15) is 30.9 Å². The van der Waals surface area contributed by atoms with Gasteiger partial charge in [-0.15, -0.1) is 4.83 Å². The Kier molecular flexibility index (Phi) is 7.85. The van der Waals surface area contributed by atoms with Crippen molar-refractivity contribution >= 4 is 21.8 Å². The summed E-state index contributed by atoms with van der Waals surface area (Å²) in [6, 6.07) is 13.5. The molecule has 33 heavy (non-hydrogen) atoms. The Balaban J connectivity index is 1.64. The van der Waals surface area contributed by atoms with Crippen LogP contribution in [0.4, 0.5) is 0 Å². The van der Waals surface area contributed by atoms with Crippen molar-refractivity contribution in [3.8, 4) is 5.75 Å². The highest BCUT2D eigenvalue weighted by atomic mass is 32.2. The fraction of sp³-hybridized carbons (Fsp3) is 0.304. The first-order chi connectivity index (χ1) is 15.7. The Bertz CT molecular complexity index is 1160. The van der Waals surface area contributed by atoms with Gasteiger partial charge in [-0.3, -0.25) is 14.6 Å². The highest BCUT2D eigenvalue weighted by Gasteiger charge is 2.30. The zero-order chi connectivity index (χ0) is 24.0. The summed E-state index contributed by atoms with van der Waals surface area (Å²) in [5.74, 6) is -0.473. The van der Waals surface area contributed by atoms with Gasteiger partial charge >= 0.3 is 0 Å². The van der Waals surface area contributed by atoms with Gasteiger partial charge in [0.1, 0.15) is 5.75 Å². The Hall–Kier alpha value is -3.21. The number of nitrogens with zero attached hydrogens (tertiary/aromatic N) is 1. The quantitative estimate of drug-likeness (QED) is 0.508. The zero-order valence-corrected chi connectivity index (χ0v) is 19.4. The summed E-state index contributed by atoms with van der Waals surface area (Å²) < 4.78 is 30.6. The second-order valence-electron chi connectivity index (χ2n) is 7.71. The van der Waals surface area contributed by atoms with E-state index >= 15 is 0 Å². The summed E-state index contributed by atoms with van der Waals surface area (Å²) in [6.45, 7) is 2.71. The maximum Gasteiger partial charge on any atom is 0.265 e. The number of ether oxygens (including phenoxy) is 1. The lowest BCUT2D eigenvalue weighted by Crippen LogP contribution is -2.49. The SMILES string of the molecule is COc1cccc(S(=O)(=O)NN2CCC(C)=C(CC(=O)NCc3ccc(CN)cc3)C2=O)c1. The van der Waals surface area contributed by atoms with E-state index in [1.807, 2.05) is 24.3 Å². The number of carbonyl (C=O) groups is 2. The summed E-state index contributed by atoms with van der Waals surface area (Å²) in [6.07, 6.45) is 0.318. The Morgan fingerprint density at radius 3 is 2.52 bits per heavy atom. The molecule has 0 spiro atoms. The third-order valence-corrected chi connectivity index (χ3v) is 6.73. The molecule has 0 unspecified atom stereocenters. The molecule has 0 aromatic heterocycles. The predicted molar refractivity (Wildman–Crippen MR) is 123 cm³/mol. The van der Waals surface area contributed by atoms with E-state index in [1.165, 1.54) is 19.2 Å². The van der Waals surface area contributed by atoms with Gasteiger partial charge in [0.05, 0.1) is 18.4 Å². The summed E-state index contributed by atoms with van der Waals surface area (Å²) in [7, 11) is -2.57. The van der Waals surface area contributed by atoms with Crippen LogP contribution in [0.3, 0.4) is 0 Å². The molecule has 10 heteroatoms. The van der Waals surface area contributed by atoms with E-state index in [-0.39, 0.29) is 29.3 Å². The number of rotatable bonds is 9. The van der Waals surface area contributed by atoms with E-state index in [0.717, 1.165) is 21.7 Å². The fourth-order valence-electron chi connectivity index (χ4n) is 3.37. The molecule has 9 nitrogen and oxygen atoms in total.